The van der Waals surface area contributed by atoms with Crippen LogP contribution in [0.2, 0.25) is 0 Å². The fourth-order valence-corrected chi connectivity index (χ4v) is 3.19. The van der Waals surface area contributed by atoms with E-state index in [0.717, 1.165) is 48.1 Å². The van der Waals surface area contributed by atoms with Gasteiger partial charge in [-0.05, 0) is 18.1 Å². The summed E-state index contributed by atoms with van der Waals surface area (Å²) in [4.78, 5) is 17.3. The highest BCUT2D eigenvalue weighted by Gasteiger charge is 2.12. The van der Waals surface area contributed by atoms with Gasteiger partial charge in [0.15, 0.2) is 5.65 Å². The van der Waals surface area contributed by atoms with Crippen LogP contribution in [0.4, 0.5) is 0 Å². The molecule has 5 nitrogen and oxygen atoms in total. The van der Waals surface area contributed by atoms with E-state index < -0.39 is 0 Å². The zero-order chi connectivity index (χ0) is 17.2. The van der Waals surface area contributed by atoms with Crippen LogP contribution < -0.4 is 5.56 Å². The second-order valence-electron chi connectivity index (χ2n) is 6.24. The van der Waals surface area contributed by atoms with Gasteiger partial charge in [-0.2, -0.15) is 5.10 Å². The van der Waals surface area contributed by atoms with Gasteiger partial charge in [-0.15, -0.1) is 0 Å². The summed E-state index contributed by atoms with van der Waals surface area (Å²) < 4.78 is 3.53. The molecule has 0 fully saturated rings. The number of aromatic nitrogens is 4. The Hall–Kier alpha value is -2.95. The molecule has 0 aliphatic rings. The first kappa shape index (κ1) is 15.6. The molecule has 0 N–H and O–H groups in total. The van der Waals surface area contributed by atoms with Crippen molar-refractivity contribution in [3.05, 3.63) is 65.3 Å². The van der Waals surface area contributed by atoms with E-state index in [2.05, 4.69) is 17.0 Å². The van der Waals surface area contributed by atoms with Crippen LogP contribution in [0, 0.1) is 0 Å². The zero-order valence-electron chi connectivity index (χ0n) is 14.2. The maximum atomic E-state index is 12.7. The molecule has 0 unspecified atom stereocenters. The lowest BCUT2D eigenvalue weighted by Crippen LogP contribution is -2.20. The Morgan fingerprint density at radius 3 is 2.68 bits per heavy atom. The van der Waals surface area contributed by atoms with Crippen LogP contribution >= 0.6 is 0 Å². The average molecular weight is 332 g/mol. The van der Waals surface area contributed by atoms with Gasteiger partial charge in [-0.3, -0.25) is 4.79 Å². The minimum absolute atomic E-state index is 0.000218. The highest BCUT2D eigenvalue weighted by Crippen LogP contribution is 2.24. The second-order valence-corrected chi connectivity index (χ2v) is 6.24. The van der Waals surface area contributed by atoms with Gasteiger partial charge in [0.05, 0.1) is 17.1 Å². The van der Waals surface area contributed by atoms with Crippen LogP contribution in [0.3, 0.4) is 0 Å². The Kier molecular flexibility index (Phi) is 4.06. The van der Waals surface area contributed by atoms with Crippen molar-refractivity contribution in [2.75, 3.05) is 0 Å². The standard InChI is InChI=1S/C20H20N4O/c1-2-3-7-11-23-12-10-18-17(20(23)25)13-21-19-16(14-22-24(18)19)15-8-5-4-6-9-15/h4-6,8-10,12-14H,2-3,7,11H2,1H3. The normalized spacial score (nSPS) is 11.4. The fourth-order valence-electron chi connectivity index (χ4n) is 3.19. The topological polar surface area (TPSA) is 52.2 Å². The summed E-state index contributed by atoms with van der Waals surface area (Å²) >= 11 is 0. The number of hydrogen-bond acceptors (Lipinski definition) is 3. The highest BCUT2D eigenvalue weighted by atomic mass is 16.1. The smallest absolute Gasteiger partial charge is 0.261 e. The van der Waals surface area contributed by atoms with Crippen LogP contribution in [0.15, 0.2) is 59.8 Å². The first-order valence-corrected chi connectivity index (χ1v) is 8.71. The van der Waals surface area contributed by atoms with Gasteiger partial charge >= 0.3 is 0 Å². The van der Waals surface area contributed by atoms with Crippen LogP contribution in [0.25, 0.3) is 27.7 Å². The molecular formula is C20H20N4O. The summed E-state index contributed by atoms with van der Waals surface area (Å²) in [6.45, 7) is 2.90. The van der Waals surface area contributed by atoms with E-state index in [1.807, 2.05) is 48.8 Å². The number of pyridine rings is 1. The molecule has 5 heteroatoms. The third-order valence-electron chi connectivity index (χ3n) is 4.55. The number of nitrogens with zero attached hydrogens (tertiary/aromatic N) is 4. The molecule has 0 aliphatic heterocycles. The SMILES string of the molecule is CCCCCn1ccc2c(cnc3c(-c4ccccc4)cnn32)c1=O. The van der Waals surface area contributed by atoms with Crippen molar-refractivity contribution in [1.29, 1.82) is 0 Å². The quantitative estimate of drug-likeness (QED) is 0.521. The first-order valence-electron chi connectivity index (χ1n) is 8.71. The molecule has 0 radical (unpaired) electrons. The molecule has 3 aromatic heterocycles. The molecular weight excluding hydrogens is 312 g/mol. The highest BCUT2D eigenvalue weighted by molar-refractivity contribution is 5.84. The number of fused-ring (bicyclic) bond motifs is 3. The minimum Gasteiger partial charge on any atom is -0.315 e. The van der Waals surface area contributed by atoms with Crippen molar-refractivity contribution in [3.63, 3.8) is 0 Å². The molecule has 4 aromatic rings. The Labute approximate surface area is 145 Å². The van der Waals surface area contributed by atoms with Crippen molar-refractivity contribution in [3.8, 4) is 11.1 Å². The van der Waals surface area contributed by atoms with Crippen LogP contribution in [-0.2, 0) is 6.54 Å². The maximum Gasteiger partial charge on any atom is 0.261 e. The summed E-state index contributed by atoms with van der Waals surface area (Å²) in [5.74, 6) is 0. The molecule has 3 heterocycles. The number of aryl methyl sites for hydroxylation is 1. The summed E-state index contributed by atoms with van der Waals surface area (Å²) in [5, 5.41) is 5.08. The van der Waals surface area contributed by atoms with Crippen LogP contribution in [0.1, 0.15) is 26.2 Å². The lowest BCUT2D eigenvalue weighted by molar-refractivity contribution is 0.590. The van der Waals surface area contributed by atoms with E-state index in [1.165, 1.54) is 0 Å². The van der Waals surface area contributed by atoms with E-state index in [1.54, 1.807) is 15.3 Å². The van der Waals surface area contributed by atoms with Crippen LogP contribution in [0.5, 0.6) is 0 Å². The summed E-state index contributed by atoms with van der Waals surface area (Å²) in [6.07, 6.45) is 8.63. The van der Waals surface area contributed by atoms with E-state index in [9.17, 15) is 4.79 Å². The molecule has 0 aliphatic carbocycles. The summed E-state index contributed by atoms with van der Waals surface area (Å²) in [5.41, 5.74) is 3.59. The minimum atomic E-state index is -0.000218. The molecule has 1 aromatic carbocycles. The number of unbranched alkanes of at least 4 members (excludes halogenated alkanes) is 2. The molecule has 25 heavy (non-hydrogen) atoms. The molecule has 0 amide bonds. The average Bonchev–Trinajstić information content (AvgIpc) is 3.09. The predicted molar refractivity (Wildman–Crippen MR) is 99.7 cm³/mol. The van der Waals surface area contributed by atoms with E-state index in [0.29, 0.717) is 5.39 Å². The van der Waals surface area contributed by atoms with Crippen molar-refractivity contribution < 1.29 is 0 Å². The third kappa shape index (κ3) is 2.71. The Bertz CT molecular complexity index is 1080. The molecule has 126 valence electrons. The van der Waals surface area contributed by atoms with Crippen molar-refractivity contribution in [2.45, 2.75) is 32.7 Å². The number of hydrogen-bond donors (Lipinski definition) is 0. The van der Waals surface area contributed by atoms with Gasteiger partial charge in [-0.1, -0.05) is 50.1 Å². The van der Waals surface area contributed by atoms with Gasteiger partial charge < -0.3 is 4.57 Å². The van der Waals surface area contributed by atoms with Crippen LogP contribution in [-0.4, -0.2) is 19.2 Å². The maximum absolute atomic E-state index is 12.7. The number of benzene rings is 1. The van der Waals surface area contributed by atoms with Crippen molar-refractivity contribution in [1.82, 2.24) is 19.2 Å². The monoisotopic (exact) mass is 332 g/mol. The molecule has 0 saturated heterocycles. The predicted octanol–water partition coefficient (Wildman–Crippen LogP) is 3.90. The van der Waals surface area contributed by atoms with Gasteiger partial charge in [-0.25, -0.2) is 9.50 Å². The van der Waals surface area contributed by atoms with E-state index in [-0.39, 0.29) is 5.56 Å². The third-order valence-corrected chi connectivity index (χ3v) is 4.55. The summed E-state index contributed by atoms with van der Waals surface area (Å²) in [7, 11) is 0. The van der Waals surface area contributed by atoms with E-state index in [4.69, 9.17) is 0 Å². The molecule has 0 saturated carbocycles. The zero-order valence-corrected chi connectivity index (χ0v) is 14.2. The van der Waals surface area contributed by atoms with E-state index >= 15 is 0 Å². The summed E-state index contributed by atoms with van der Waals surface area (Å²) in [6, 6.07) is 12.0. The van der Waals surface area contributed by atoms with Gasteiger partial charge in [0.25, 0.3) is 5.56 Å². The largest absolute Gasteiger partial charge is 0.315 e. The van der Waals surface area contributed by atoms with Crippen molar-refractivity contribution in [2.24, 2.45) is 0 Å². The molecule has 0 spiro atoms. The van der Waals surface area contributed by atoms with Gasteiger partial charge in [0.2, 0.25) is 0 Å². The second kappa shape index (κ2) is 6.51. The Morgan fingerprint density at radius 2 is 1.88 bits per heavy atom. The molecule has 0 bridgehead atoms. The van der Waals surface area contributed by atoms with Crippen molar-refractivity contribution >= 4 is 16.6 Å². The lowest BCUT2D eigenvalue weighted by atomic mass is 10.1. The first-order chi connectivity index (χ1) is 12.3. The molecule has 4 rings (SSSR count). The molecule has 0 atom stereocenters. The fraction of sp³-hybridized carbons (Fsp3) is 0.250. The van der Waals surface area contributed by atoms with Gasteiger partial charge in [0, 0.05) is 24.5 Å². The van der Waals surface area contributed by atoms with Gasteiger partial charge in [0.1, 0.15) is 0 Å². The Morgan fingerprint density at radius 1 is 1.04 bits per heavy atom. The Balaban J connectivity index is 1.84. The lowest BCUT2D eigenvalue weighted by Gasteiger charge is -2.08. The number of rotatable bonds is 5.